The first-order valence-corrected chi connectivity index (χ1v) is 11.6. The maximum absolute atomic E-state index is 12.6. The molecule has 10 heteroatoms. The third kappa shape index (κ3) is 5.27. The Morgan fingerprint density at radius 2 is 1.62 bits per heavy atom. The number of hydrogen-bond acceptors (Lipinski definition) is 8. The minimum atomic E-state index is -3.70. The van der Waals surface area contributed by atoms with Crippen LogP contribution in [0.15, 0.2) is 59.5 Å². The zero-order valence-electron chi connectivity index (χ0n) is 17.9. The second-order valence-corrected chi connectivity index (χ2v) is 8.92. The van der Waals surface area contributed by atoms with Crippen molar-refractivity contribution in [2.45, 2.75) is 11.8 Å². The highest BCUT2D eigenvalue weighted by Crippen LogP contribution is 2.23. The van der Waals surface area contributed by atoms with Gasteiger partial charge in [0, 0.05) is 30.5 Å². The smallest absolute Gasteiger partial charge is 0.261 e. The fraction of sp³-hybridized carbons (Fsp3) is 0.273. The third-order valence-corrected chi connectivity index (χ3v) is 6.34. The summed E-state index contributed by atoms with van der Waals surface area (Å²) in [5, 5.41) is 3.26. The first kappa shape index (κ1) is 21.8. The van der Waals surface area contributed by atoms with Gasteiger partial charge in [-0.1, -0.05) is 0 Å². The summed E-state index contributed by atoms with van der Waals surface area (Å²) in [5.41, 5.74) is 1.24. The Kier molecular flexibility index (Phi) is 6.42. The number of benzene rings is 2. The molecule has 0 spiro atoms. The normalized spacial score (nSPS) is 14.1. The highest BCUT2D eigenvalue weighted by atomic mass is 32.2. The van der Waals surface area contributed by atoms with Crippen molar-refractivity contribution in [2.24, 2.45) is 0 Å². The Balaban J connectivity index is 1.45. The fourth-order valence-corrected chi connectivity index (χ4v) is 4.37. The Labute approximate surface area is 187 Å². The topological polar surface area (TPSA) is 106 Å². The van der Waals surface area contributed by atoms with Gasteiger partial charge in [-0.05, 0) is 55.5 Å². The molecule has 0 aliphatic carbocycles. The van der Waals surface area contributed by atoms with Crippen molar-refractivity contribution in [1.29, 1.82) is 0 Å². The number of aryl methyl sites for hydroxylation is 1. The van der Waals surface area contributed by atoms with E-state index in [0.29, 0.717) is 36.3 Å². The van der Waals surface area contributed by atoms with Crippen LogP contribution in [-0.4, -0.2) is 51.8 Å². The van der Waals surface area contributed by atoms with E-state index in [4.69, 9.17) is 9.47 Å². The number of ether oxygens (including phenoxy) is 2. The summed E-state index contributed by atoms with van der Waals surface area (Å²) < 4.78 is 38.3. The predicted molar refractivity (Wildman–Crippen MR) is 123 cm³/mol. The Hall–Kier alpha value is -3.37. The lowest BCUT2D eigenvalue weighted by Crippen LogP contribution is -2.36. The molecule has 1 aliphatic rings. The quantitative estimate of drug-likeness (QED) is 0.560. The fourth-order valence-electron chi connectivity index (χ4n) is 3.31. The van der Waals surface area contributed by atoms with Gasteiger partial charge >= 0.3 is 0 Å². The minimum Gasteiger partial charge on any atom is -0.497 e. The number of nitrogens with one attached hydrogen (secondary N) is 2. The lowest BCUT2D eigenvalue weighted by molar-refractivity contribution is 0.122. The highest BCUT2D eigenvalue weighted by molar-refractivity contribution is 7.92. The molecule has 0 bridgehead atoms. The van der Waals surface area contributed by atoms with E-state index < -0.39 is 10.0 Å². The van der Waals surface area contributed by atoms with Gasteiger partial charge in [-0.2, -0.15) is 0 Å². The van der Waals surface area contributed by atoms with Crippen LogP contribution in [0, 0.1) is 6.92 Å². The van der Waals surface area contributed by atoms with Gasteiger partial charge in [0.15, 0.2) is 0 Å². The van der Waals surface area contributed by atoms with Crippen LogP contribution in [0.4, 0.5) is 23.0 Å². The number of anilines is 4. The number of methoxy groups -OCH3 is 1. The summed E-state index contributed by atoms with van der Waals surface area (Å²) in [6.07, 6.45) is 0. The van der Waals surface area contributed by atoms with Crippen molar-refractivity contribution in [2.75, 3.05) is 48.4 Å². The molecular formula is C22H25N5O4S. The van der Waals surface area contributed by atoms with Gasteiger partial charge in [-0.3, -0.25) is 4.72 Å². The van der Waals surface area contributed by atoms with Crippen molar-refractivity contribution in [3.8, 4) is 5.75 Å². The van der Waals surface area contributed by atoms with Crippen LogP contribution in [-0.2, 0) is 14.8 Å². The molecule has 2 N–H and O–H groups in total. The van der Waals surface area contributed by atoms with Gasteiger partial charge in [0.05, 0.1) is 25.2 Å². The average molecular weight is 456 g/mol. The van der Waals surface area contributed by atoms with E-state index in [0.717, 1.165) is 24.6 Å². The molecule has 32 heavy (non-hydrogen) atoms. The van der Waals surface area contributed by atoms with E-state index in [1.807, 2.05) is 13.0 Å². The zero-order valence-corrected chi connectivity index (χ0v) is 18.7. The molecule has 1 saturated heterocycles. The van der Waals surface area contributed by atoms with E-state index >= 15 is 0 Å². The molecule has 2 aromatic carbocycles. The number of hydrogen-bond donors (Lipinski definition) is 2. The Morgan fingerprint density at radius 1 is 0.969 bits per heavy atom. The van der Waals surface area contributed by atoms with Crippen LogP contribution in [0.3, 0.4) is 0 Å². The van der Waals surface area contributed by atoms with Crippen LogP contribution in [0.1, 0.15) is 5.82 Å². The summed E-state index contributed by atoms with van der Waals surface area (Å²) in [6.45, 7) is 4.80. The molecule has 2 heterocycles. The molecular weight excluding hydrogens is 430 g/mol. The third-order valence-electron chi connectivity index (χ3n) is 4.94. The van der Waals surface area contributed by atoms with Crippen LogP contribution < -0.4 is 19.7 Å². The molecule has 0 unspecified atom stereocenters. The predicted octanol–water partition coefficient (Wildman–Crippen LogP) is 3.17. The van der Waals surface area contributed by atoms with Gasteiger partial charge in [-0.15, -0.1) is 0 Å². The van der Waals surface area contributed by atoms with Gasteiger partial charge in [-0.25, -0.2) is 18.4 Å². The van der Waals surface area contributed by atoms with Crippen molar-refractivity contribution >= 4 is 33.0 Å². The molecule has 1 aromatic heterocycles. The summed E-state index contributed by atoms with van der Waals surface area (Å²) in [4.78, 5) is 11.3. The first-order valence-electron chi connectivity index (χ1n) is 10.2. The highest BCUT2D eigenvalue weighted by Gasteiger charge is 2.15. The lowest BCUT2D eigenvalue weighted by atomic mass is 10.3. The summed E-state index contributed by atoms with van der Waals surface area (Å²) >= 11 is 0. The van der Waals surface area contributed by atoms with Gasteiger partial charge in [0.2, 0.25) is 0 Å². The van der Waals surface area contributed by atoms with Gasteiger partial charge < -0.3 is 19.7 Å². The van der Waals surface area contributed by atoms with Gasteiger partial charge in [0.25, 0.3) is 10.0 Å². The van der Waals surface area contributed by atoms with E-state index in [9.17, 15) is 8.42 Å². The van der Waals surface area contributed by atoms with Crippen molar-refractivity contribution in [3.05, 3.63) is 60.4 Å². The second-order valence-electron chi connectivity index (χ2n) is 7.24. The van der Waals surface area contributed by atoms with Crippen molar-refractivity contribution < 1.29 is 17.9 Å². The van der Waals surface area contributed by atoms with Gasteiger partial charge in [0.1, 0.15) is 23.2 Å². The molecule has 168 valence electrons. The second kappa shape index (κ2) is 9.41. The van der Waals surface area contributed by atoms with Crippen molar-refractivity contribution in [3.63, 3.8) is 0 Å². The Morgan fingerprint density at radius 3 is 2.28 bits per heavy atom. The minimum absolute atomic E-state index is 0.160. The number of aromatic nitrogens is 2. The number of rotatable bonds is 7. The van der Waals surface area contributed by atoms with E-state index in [2.05, 4.69) is 24.9 Å². The number of sulfonamides is 1. The maximum atomic E-state index is 12.6. The van der Waals surface area contributed by atoms with Crippen LogP contribution in [0.2, 0.25) is 0 Å². The molecule has 1 fully saturated rings. The molecule has 3 aromatic rings. The van der Waals surface area contributed by atoms with E-state index in [1.165, 1.54) is 19.2 Å². The summed E-state index contributed by atoms with van der Waals surface area (Å²) in [5.74, 6) is 2.79. The lowest BCUT2D eigenvalue weighted by Gasteiger charge is -2.28. The van der Waals surface area contributed by atoms with Crippen LogP contribution >= 0.6 is 0 Å². The largest absolute Gasteiger partial charge is 0.497 e. The standard InChI is InChI=1S/C22H25N5O4S/c1-16-23-21(15-22(24-16)27-11-13-31-14-12-27)25-17-3-5-18(6-4-17)26-32(28,29)20-9-7-19(30-2)8-10-20/h3-10,15,26H,11-14H2,1-2H3,(H,23,24,25). The number of morpholine rings is 1. The molecule has 0 amide bonds. The summed E-state index contributed by atoms with van der Waals surface area (Å²) in [6, 6.07) is 15.1. The zero-order chi connectivity index (χ0) is 22.6. The number of nitrogens with zero attached hydrogens (tertiary/aromatic N) is 3. The van der Waals surface area contributed by atoms with Crippen LogP contribution in [0.5, 0.6) is 5.75 Å². The summed E-state index contributed by atoms with van der Waals surface area (Å²) in [7, 11) is -2.16. The molecule has 1 aliphatic heterocycles. The SMILES string of the molecule is COc1ccc(S(=O)(=O)Nc2ccc(Nc3cc(N4CCOCC4)nc(C)n3)cc2)cc1. The Bertz CT molecular complexity index is 1160. The molecule has 0 radical (unpaired) electrons. The van der Waals surface area contributed by atoms with Crippen LogP contribution in [0.25, 0.3) is 0 Å². The molecule has 0 saturated carbocycles. The average Bonchev–Trinajstić information content (AvgIpc) is 2.80. The molecule has 4 rings (SSSR count). The molecule has 9 nitrogen and oxygen atoms in total. The first-order chi connectivity index (χ1) is 15.4. The molecule has 0 atom stereocenters. The van der Waals surface area contributed by atoms with E-state index in [1.54, 1.807) is 36.4 Å². The van der Waals surface area contributed by atoms with E-state index in [-0.39, 0.29) is 4.90 Å². The maximum Gasteiger partial charge on any atom is 0.261 e. The monoisotopic (exact) mass is 455 g/mol. The van der Waals surface area contributed by atoms with Crippen molar-refractivity contribution in [1.82, 2.24) is 9.97 Å².